The lowest BCUT2D eigenvalue weighted by Gasteiger charge is -2.13. The van der Waals surface area contributed by atoms with Crippen LogP contribution < -0.4 is 5.32 Å². The van der Waals surface area contributed by atoms with Gasteiger partial charge in [-0.1, -0.05) is 11.8 Å². The lowest BCUT2D eigenvalue weighted by Crippen LogP contribution is -2.22. The summed E-state index contributed by atoms with van der Waals surface area (Å²) in [7, 11) is 0. The minimum Gasteiger partial charge on any atom is -0.316 e. The number of carbonyl (C=O) groups is 1. The van der Waals surface area contributed by atoms with Gasteiger partial charge in [0.05, 0.1) is 10.8 Å². The Morgan fingerprint density at radius 2 is 2.15 bits per heavy atom. The zero-order valence-electron chi connectivity index (χ0n) is 14.5. The van der Waals surface area contributed by atoms with Gasteiger partial charge < -0.3 is 5.32 Å². The predicted octanol–water partition coefficient (Wildman–Crippen LogP) is 3.73. The minimum atomic E-state index is -0.370. The number of pyridine rings is 1. The summed E-state index contributed by atoms with van der Waals surface area (Å²) in [5, 5.41) is 23.3. The lowest BCUT2D eigenvalue weighted by atomic mass is 10.2. The second-order valence-electron chi connectivity index (χ2n) is 6.17. The molecule has 0 aliphatic heterocycles. The van der Waals surface area contributed by atoms with Crippen LogP contribution in [0, 0.1) is 11.3 Å². The first-order valence-electron chi connectivity index (χ1n) is 8.47. The standard InChI is InChI=1S/C18H16N6OS2/c1-11(16(25)21-17-13(10-19)6-9-26-17)27-18-23-22-15(24(18)14-2-3-14)12-4-7-20-8-5-12/h4-9,11,14H,2-3H2,1H3,(H,21,25)/t11-/m0/s1. The van der Waals surface area contributed by atoms with Crippen molar-refractivity contribution in [2.75, 3.05) is 5.32 Å². The Morgan fingerprint density at radius 3 is 2.85 bits per heavy atom. The molecule has 1 amide bonds. The molecule has 0 radical (unpaired) electrons. The van der Waals surface area contributed by atoms with Crippen molar-refractivity contribution in [3.63, 3.8) is 0 Å². The molecule has 0 bridgehead atoms. The molecule has 0 spiro atoms. The fourth-order valence-electron chi connectivity index (χ4n) is 2.64. The fourth-order valence-corrected chi connectivity index (χ4v) is 4.30. The topological polar surface area (TPSA) is 96.5 Å². The molecular weight excluding hydrogens is 380 g/mol. The van der Waals surface area contributed by atoms with E-state index in [1.54, 1.807) is 23.8 Å². The van der Waals surface area contributed by atoms with Gasteiger partial charge >= 0.3 is 0 Å². The molecule has 1 saturated carbocycles. The van der Waals surface area contributed by atoms with Crippen LogP contribution in [0.25, 0.3) is 11.4 Å². The molecule has 9 heteroatoms. The smallest absolute Gasteiger partial charge is 0.238 e. The van der Waals surface area contributed by atoms with Crippen LogP contribution >= 0.6 is 23.1 Å². The molecule has 1 aliphatic carbocycles. The van der Waals surface area contributed by atoms with Gasteiger partial charge in [-0.25, -0.2) is 0 Å². The van der Waals surface area contributed by atoms with E-state index < -0.39 is 0 Å². The van der Waals surface area contributed by atoms with Gasteiger partial charge in [0.1, 0.15) is 11.1 Å². The van der Waals surface area contributed by atoms with Crippen molar-refractivity contribution in [3.05, 3.63) is 41.5 Å². The van der Waals surface area contributed by atoms with Crippen LogP contribution in [0.2, 0.25) is 0 Å². The number of thioether (sulfide) groups is 1. The van der Waals surface area contributed by atoms with Gasteiger partial charge in [-0.3, -0.25) is 14.3 Å². The largest absolute Gasteiger partial charge is 0.316 e. The highest BCUT2D eigenvalue weighted by Gasteiger charge is 2.31. The van der Waals surface area contributed by atoms with Gasteiger partial charge in [-0.15, -0.1) is 21.5 Å². The summed E-state index contributed by atoms with van der Waals surface area (Å²) in [5.41, 5.74) is 1.44. The summed E-state index contributed by atoms with van der Waals surface area (Å²) in [5.74, 6) is 0.648. The highest BCUT2D eigenvalue weighted by Crippen LogP contribution is 2.41. The summed E-state index contributed by atoms with van der Waals surface area (Å²) in [6.07, 6.45) is 5.64. The average Bonchev–Trinajstić information content (AvgIpc) is 3.28. The third-order valence-electron chi connectivity index (χ3n) is 4.19. The first-order valence-corrected chi connectivity index (χ1v) is 10.2. The van der Waals surface area contributed by atoms with Gasteiger partial charge in [0.25, 0.3) is 0 Å². The highest BCUT2D eigenvalue weighted by molar-refractivity contribution is 8.00. The van der Waals surface area contributed by atoms with Gasteiger partial charge in [0.15, 0.2) is 11.0 Å². The molecule has 1 aliphatic rings. The van der Waals surface area contributed by atoms with Crippen LogP contribution in [0.4, 0.5) is 5.00 Å². The number of aromatic nitrogens is 4. The van der Waals surface area contributed by atoms with Crippen molar-refractivity contribution in [2.45, 2.75) is 36.2 Å². The molecule has 4 rings (SSSR count). The molecule has 27 heavy (non-hydrogen) atoms. The van der Waals surface area contributed by atoms with Crippen LogP contribution in [0.3, 0.4) is 0 Å². The van der Waals surface area contributed by atoms with E-state index >= 15 is 0 Å². The number of nitrogens with one attached hydrogen (secondary N) is 1. The number of rotatable bonds is 6. The van der Waals surface area contributed by atoms with Crippen molar-refractivity contribution in [3.8, 4) is 17.5 Å². The molecular formula is C18H16N6OS2. The maximum absolute atomic E-state index is 12.6. The maximum atomic E-state index is 12.6. The Labute approximate surface area is 164 Å². The van der Waals surface area contributed by atoms with E-state index in [0.717, 1.165) is 29.4 Å². The Balaban J connectivity index is 1.53. The molecule has 3 aromatic rings. The average molecular weight is 397 g/mol. The summed E-state index contributed by atoms with van der Waals surface area (Å²) >= 11 is 2.72. The van der Waals surface area contributed by atoms with E-state index in [1.165, 1.54) is 23.1 Å². The van der Waals surface area contributed by atoms with Crippen molar-refractivity contribution in [1.82, 2.24) is 19.7 Å². The van der Waals surface area contributed by atoms with Crippen molar-refractivity contribution < 1.29 is 4.79 Å². The summed E-state index contributed by atoms with van der Waals surface area (Å²) in [6, 6.07) is 7.98. The molecule has 1 atom stereocenters. The molecule has 3 aromatic heterocycles. The van der Waals surface area contributed by atoms with Crippen LogP contribution in [0.1, 0.15) is 31.4 Å². The minimum absolute atomic E-state index is 0.158. The fraction of sp³-hybridized carbons (Fsp3) is 0.278. The van der Waals surface area contributed by atoms with E-state index in [0.29, 0.717) is 16.6 Å². The SMILES string of the molecule is C[C@H](Sc1nnc(-c2ccncc2)n1C1CC1)C(=O)Nc1sccc1C#N. The molecule has 0 unspecified atom stereocenters. The van der Waals surface area contributed by atoms with Crippen LogP contribution in [-0.4, -0.2) is 30.9 Å². The number of nitriles is 1. The monoisotopic (exact) mass is 396 g/mol. The lowest BCUT2D eigenvalue weighted by molar-refractivity contribution is -0.115. The third kappa shape index (κ3) is 3.72. The Bertz CT molecular complexity index is 1000. The summed E-state index contributed by atoms with van der Waals surface area (Å²) in [4.78, 5) is 16.6. The van der Waals surface area contributed by atoms with Gasteiger partial charge in [0.2, 0.25) is 5.91 Å². The van der Waals surface area contributed by atoms with E-state index in [2.05, 4.69) is 31.1 Å². The Hall–Kier alpha value is -2.70. The summed E-state index contributed by atoms with van der Waals surface area (Å²) in [6.45, 7) is 1.83. The number of thiophene rings is 1. The molecule has 3 heterocycles. The van der Waals surface area contributed by atoms with Gasteiger partial charge in [-0.05, 0) is 43.3 Å². The van der Waals surface area contributed by atoms with Gasteiger partial charge in [0, 0.05) is 24.0 Å². The van der Waals surface area contributed by atoms with E-state index in [-0.39, 0.29) is 11.2 Å². The first kappa shape index (κ1) is 17.7. The summed E-state index contributed by atoms with van der Waals surface area (Å²) < 4.78 is 2.12. The zero-order chi connectivity index (χ0) is 18.8. The second-order valence-corrected chi connectivity index (χ2v) is 8.39. The van der Waals surface area contributed by atoms with Crippen molar-refractivity contribution >= 4 is 34.0 Å². The number of nitrogens with zero attached hydrogens (tertiary/aromatic N) is 5. The van der Waals surface area contributed by atoms with E-state index in [4.69, 9.17) is 5.26 Å². The number of carbonyl (C=O) groups excluding carboxylic acids is 1. The molecule has 0 saturated heterocycles. The highest BCUT2D eigenvalue weighted by atomic mass is 32.2. The Morgan fingerprint density at radius 1 is 1.37 bits per heavy atom. The van der Waals surface area contributed by atoms with E-state index in [9.17, 15) is 4.79 Å². The molecule has 7 nitrogen and oxygen atoms in total. The predicted molar refractivity (Wildman–Crippen MR) is 105 cm³/mol. The van der Waals surface area contributed by atoms with Gasteiger partial charge in [-0.2, -0.15) is 5.26 Å². The number of hydrogen-bond donors (Lipinski definition) is 1. The normalized spacial score (nSPS) is 14.5. The molecule has 1 fully saturated rings. The van der Waals surface area contributed by atoms with Crippen molar-refractivity contribution in [1.29, 1.82) is 5.26 Å². The maximum Gasteiger partial charge on any atom is 0.238 e. The number of amides is 1. The molecule has 0 aromatic carbocycles. The van der Waals surface area contributed by atoms with E-state index in [1.807, 2.05) is 19.1 Å². The first-order chi connectivity index (χ1) is 13.2. The molecule has 136 valence electrons. The van der Waals surface area contributed by atoms with Crippen LogP contribution in [0.15, 0.2) is 41.1 Å². The molecule has 1 N–H and O–H groups in total. The Kier molecular flexibility index (Phi) is 4.92. The van der Waals surface area contributed by atoms with Crippen molar-refractivity contribution in [2.24, 2.45) is 0 Å². The zero-order valence-corrected chi connectivity index (χ0v) is 16.1. The third-order valence-corrected chi connectivity index (χ3v) is 6.08. The number of anilines is 1. The van der Waals surface area contributed by atoms with Crippen LogP contribution in [0.5, 0.6) is 0 Å². The second kappa shape index (κ2) is 7.50. The van der Waals surface area contributed by atoms with Crippen LogP contribution in [-0.2, 0) is 4.79 Å². The number of hydrogen-bond acceptors (Lipinski definition) is 7. The quantitative estimate of drug-likeness (QED) is 0.638.